The van der Waals surface area contributed by atoms with Gasteiger partial charge in [-0.05, 0) is 62.2 Å². The van der Waals surface area contributed by atoms with Gasteiger partial charge in [-0.3, -0.25) is 9.59 Å². The molecule has 0 aromatic heterocycles. The molecule has 3 aromatic carbocycles. The molecule has 2 N–H and O–H groups in total. The molecule has 0 unspecified atom stereocenters. The summed E-state index contributed by atoms with van der Waals surface area (Å²) in [5.74, 6) is 0.206. The van der Waals surface area contributed by atoms with E-state index in [4.69, 9.17) is 4.74 Å². The van der Waals surface area contributed by atoms with E-state index in [1.165, 1.54) is 0 Å². The van der Waals surface area contributed by atoms with Crippen LogP contribution in [0.3, 0.4) is 0 Å². The largest absolute Gasteiger partial charge is 0.491 e. The van der Waals surface area contributed by atoms with Gasteiger partial charge in [0, 0.05) is 12.1 Å². The standard InChI is InChI=1S/C25H26N2O3/c1-18(2)30-21-14-12-20(13-15-21)24(28)27-23-11-7-6-10-22(23)25(29)26-17-16-19-8-4-3-5-9-19/h3-15,18H,16-17H2,1-2H3,(H,26,29)(H,27,28). The van der Waals surface area contributed by atoms with Crippen molar-refractivity contribution in [3.05, 3.63) is 95.6 Å². The number of anilines is 1. The van der Waals surface area contributed by atoms with Crippen LogP contribution in [0.5, 0.6) is 5.75 Å². The summed E-state index contributed by atoms with van der Waals surface area (Å²) in [6.07, 6.45) is 0.809. The van der Waals surface area contributed by atoms with Gasteiger partial charge in [0.2, 0.25) is 0 Å². The van der Waals surface area contributed by atoms with Gasteiger partial charge in [-0.1, -0.05) is 42.5 Å². The first-order valence-electron chi connectivity index (χ1n) is 10.0. The predicted molar refractivity (Wildman–Crippen MR) is 119 cm³/mol. The fourth-order valence-corrected chi connectivity index (χ4v) is 3.00. The number of carbonyl (C=O) groups excluding carboxylic acids is 2. The van der Waals surface area contributed by atoms with Crippen molar-refractivity contribution in [1.29, 1.82) is 0 Å². The minimum absolute atomic E-state index is 0.0666. The predicted octanol–water partition coefficient (Wildman–Crippen LogP) is 4.70. The summed E-state index contributed by atoms with van der Waals surface area (Å²) in [6.45, 7) is 4.41. The SMILES string of the molecule is CC(C)Oc1ccc(C(=O)Nc2ccccc2C(=O)NCCc2ccccc2)cc1. The van der Waals surface area contributed by atoms with Crippen molar-refractivity contribution >= 4 is 17.5 Å². The molecule has 5 heteroatoms. The highest BCUT2D eigenvalue weighted by atomic mass is 16.5. The lowest BCUT2D eigenvalue weighted by Crippen LogP contribution is -2.27. The maximum atomic E-state index is 12.6. The fraction of sp³-hybridized carbons (Fsp3) is 0.200. The third-order valence-electron chi connectivity index (χ3n) is 4.45. The molecule has 0 aliphatic heterocycles. The summed E-state index contributed by atoms with van der Waals surface area (Å²) in [5, 5.41) is 5.76. The van der Waals surface area contributed by atoms with Gasteiger partial charge in [-0.25, -0.2) is 0 Å². The van der Waals surface area contributed by atoms with Crippen LogP contribution in [0.25, 0.3) is 0 Å². The smallest absolute Gasteiger partial charge is 0.255 e. The average molecular weight is 402 g/mol. The van der Waals surface area contributed by atoms with Crippen LogP contribution in [0.4, 0.5) is 5.69 Å². The molecule has 0 bridgehead atoms. The Kier molecular flexibility index (Phi) is 7.22. The van der Waals surface area contributed by atoms with Gasteiger partial charge in [0.25, 0.3) is 11.8 Å². The Morgan fingerprint density at radius 3 is 2.20 bits per heavy atom. The Morgan fingerprint density at radius 1 is 0.833 bits per heavy atom. The van der Waals surface area contributed by atoms with Gasteiger partial charge in [-0.2, -0.15) is 0 Å². The van der Waals surface area contributed by atoms with Gasteiger partial charge in [0.1, 0.15) is 5.75 Å². The van der Waals surface area contributed by atoms with Crippen LogP contribution in [0, 0.1) is 0 Å². The molecule has 5 nitrogen and oxygen atoms in total. The monoisotopic (exact) mass is 402 g/mol. The average Bonchev–Trinajstić information content (AvgIpc) is 2.75. The van der Waals surface area contributed by atoms with Crippen molar-refractivity contribution in [3.63, 3.8) is 0 Å². The molecular formula is C25H26N2O3. The molecule has 30 heavy (non-hydrogen) atoms. The Balaban J connectivity index is 1.62. The third kappa shape index (κ3) is 5.95. The molecule has 0 radical (unpaired) electrons. The minimum atomic E-state index is -0.282. The maximum absolute atomic E-state index is 12.6. The van der Waals surface area contributed by atoms with Crippen LogP contribution in [0.15, 0.2) is 78.9 Å². The van der Waals surface area contributed by atoms with E-state index in [0.29, 0.717) is 29.1 Å². The Bertz CT molecular complexity index is 983. The number of hydrogen-bond donors (Lipinski definition) is 2. The van der Waals surface area contributed by atoms with Crippen molar-refractivity contribution in [1.82, 2.24) is 5.32 Å². The zero-order valence-electron chi connectivity index (χ0n) is 17.2. The first kappa shape index (κ1) is 21.1. The van der Waals surface area contributed by atoms with Crippen LogP contribution in [-0.4, -0.2) is 24.5 Å². The number of rotatable bonds is 8. The van der Waals surface area contributed by atoms with Crippen molar-refractivity contribution in [2.24, 2.45) is 0 Å². The molecular weight excluding hydrogens is 376 g/mol. The van der Waals surface area contributed by atoms with E-state index in [1.54, 1.807) is 48.5 Å². The zero-order chi connectivity index (χ0) is 21.3. The summed E-state index contributed by atoms with van der Waals surface area (Å²) in [6, 6.07) is 23.9. The van der Waals surface area contributed by atoms with Crippen LogP contribution >= 0.6 is 0 Å². The second-order valence-corrected chi connectivity index (χ2v) is 7.18. The molecule has 2 amide bonds. The van der Waals surface area contributed by atoms with Gasteiger partial charge in [-0.15, -0.1) is 0 Å². The molecule has 0 aliphatic rings. The normalized spacial score (nSPS) is 10.5. The van der Waals surface area contributed by atoms with E-state index >= 15 is 0 Å². The summed E-state index contributed by atoms with van der Waals surface area (Å²) >= 11 is 0. The van der Waals surface area contributed by atoms with E-state index in [1.807, 2.05) is 44.2 Å². The third-order valence-corrected chi connectivity index (χ3v) is 4.45. The van der Waals surface area contributed by atoms with Crippen molar-refractivity contribution < 1.29 is 14.3 Å². The molecule has 3 rings (SSSR count). The summed E-state index contributed by atoms with van der Waals surface area (Å²) < 4.78 is 5.60. The highest BCUT2D eigenvalue weighted by molar-refractivity contribution is 6.09. The van der Waals surface area contributed by atoms with E-state index in [-0.39, 0.29) is 17.9 Å². The minimum Gasteiger partial charge on any atom is -0.491 e. The van der Waals surface area contributed by atoms with Crippen LogP contribution in [-0.2, 0) is 6.42 Å². The fourth-order valence-electron chi connectivity index (χ4n) is 3.00. The maximum Gasteiger partial charge on any atom is 0.255 e. The van der Waals surface area contributed by atoms with Crippen molar-refractivity contribution in [2.75, 3.05) is 11.9 Å². The van der Waals surface area contributed by atoms with Crippen molar-refractivity contribution in [3.8, 4) is 5.75 Å². The number of nitrogens with one attached hydrogen (secondary N) is 2. The molecule has 0 spiro atoms. The summed E-state index contributed by atoms with van der Waals surface area (Å²) in [7, 11) is 0. The van der Waals surface area contributed by atoms with Gasteiger partial charge in [0.15, 0.2) is 0 Å². The topological polar surface area (TPSA) is 67.4 Å². The van der Waals surface area contributed by atoms with E-state index in [9.17, 15) is 9.59 Å². The van der Waals surface area contributed by atoms with Crippen molar-refractivity contribution in [2.45, 2.75) is 26.4 Å². The zero-order valence-corrected chi connectivity index (χ0v) is 17.2. The van der Waals surface area contributed by atoms with Crippen LogP contribution in [0.2, 0.25) is 0 Å². The number of hydrogen-bond acceptors (Lipinski definition) is 3. The van der Waals surface area contributed by atoms with Gasteiger partial charge < -0.3 is 15.4 Å². The lowest BCUT2D eigenvalue weighted by molar-refractivity contribution is 0.0955. The quantitative estimate of drug-likeness (QED) is 0.574. The molecule has 3 aromatic rings. The van der Waals surface area contributed by atoms with E-state index in [0.717, 1.165) is 12.0 Å². The van der Waals surface area contributed by atoms with E-state index in [2.05, 4.69) is 10.6 Å². The molecule has 0 fully saturated rings. The molecule has 0 aliphatic carbocycles. The summed E-state index contributed by atoms with van der Waals surface area (Å²) in [4.78, 5) is 25.3. The Morgan fingerprint density at radius 2 is 1.50 bits per heavy atom. The molecule has 0 heterocycles. The van der Waals surface area contributed by atoms with Crippen LogP contribution < -0.4 is 15.4 Å². The number of amides is 2. The number of ether oxygens (including phenoxy) is 1. The molecule has 0 saturated carbocycles. The first-order chi connectivity index (χ1) is 14.5. The second-order valence-electron chi connectivity index (χ2n) is 7.18. The number of benzene rings is 3. The summed E-state index contributed by atoms with van der Waals surface area (Å²) in [5.41, 5.74) is 2.55. The Hall–Kier alpha value is -3.60. The molecule has 0 saturated heterocycles. The molecule has 154 valence electrons. The molecule has 0 atom stereocenters. The Labute approximate surface area is 177 Å². The number of para-hydroxylation sites is 1. The highest BCUT2D eigenvalue weighted by Crippen LogP contribution is 2.18. The highest BCUT2D eigenvalue weighted by Gasteiger charge is 2.14. The van der Waals surface area contributed by atoms with Crippen LogP contribution in [0.1, 0.15) is 40.1 Å². The number of carbonyl (C=O) groups is 2. The van der Waals surface area contributed by atoms with E-state index < -0.39 is 0 Å². The second kappa shape index (κ2) is 10.3. The first-order valence-corrected chi connectivity index (χ1v) is 10.0. The van der Waals surface area contributed by atoms with Gasteiger partial charge >= 0.3 is 0 Å². The lowest BCUT2D eigenvalue weighted by Gasteiger charge is -2.12. The lowest BCUT2D eigenvalue weighted by atomic mass is 10.1. The van der Waals surface area contributed by atoms with Gasteiger partial charge in [0.05, 0.1) is 17.4 Å².